The van der Waals surface area contributed by atoms with Crippen molar-refractivity contribution in [3.8, 4) is 5.75 Å². The van der Waals surface area contributed by atoms with Crippen molar-refractivity contribution in [3.05, 3.63) is 57.5 Å². The zero-order valence-electron chi connectivity index (χ0n) is 14.9. The lowest BCUT2D eigenvalue weighted by Gasteiger charge is -2.09. The van der Waals surface area contributed by atoms with E-state index in [0.717, 1.165) is 10.0 Å². The number of hydrogen-bond acceptors (Lipinski definition) is 4. The minimum atomic E-state index is -0.408. The summed E-state index contributed by atoms with van der Waals surface area (Å²) in [6.45, 7) is 3.37. The Kier molecular flexibility index (Phi) is 7.82. The molecule has 2 rings (SSSR count). The highest BCUT2D eigenvalue weighted by Gasteiger charge is 2.07. The van der Waals surface area contributed by atoms with Gasteiger partial charge in [0.2, 0.25) is 5.91 Å². The van der Waals surface area contributed by atoms with Crippen LogP contribution in [-0.2, 0) is 9.59 Å². The summed E-state index contributed by atoms with van der Waals surface area (Å²) < 4.78 is 6.40. The van der Waals surface area contributed by atoms with Gasteiger partial charge in [0.25, 0.3) is 5.91 Å². The van der Waals surface area contributed by atoms with Gasteiger partial charge in [-0.05, 0) is 61.9 Å². The summed E-state index contributed by atoms with van der Waals surface area (Å²) in [6, 6.07) is 12.3. The first kappa shape index (κ1) is 20.9. The number of ether oxygens (including phenoxy) is 1. The van der Waals surface area contributed by atoms with E-state index < -0.39 is 5.91 Å². The molecule has 142 valence electrons. The normalized spacial score (nSPS) is 11.0. The highest BCUT2D eigenvalue weighted by atomic mass is 79.9. The van der Waals surface area contributed by atoms with Gasteiger partial charge < -0.3 is 10.1 Å². The molecular weight excluding hydrogens is 434 g/mol. The Bertz CT molecular complexity index is 854. The lowest BCUT2D eigenvalue weighted by molar-refractivity contribution is -0.123. The smallest absolute Gasteiger partial charge is 0.277 e. The summed E-state index contributed by atoms with van der Waals surface area (Å²) in [4.78, 5) is 23.8. The fourth-order valence-corrected chi connectivity index (χ4v) is 2.72. The molecule has 2 N–H and O–H groups in total. The van der Waals surface area contributed by atoms with Crippen molar-refractivity contribution in [2.24, 2.45) is 5.10 Å². The summed E-state index contributed by atoms with van der Waals surface area (Å²) in [7, 11) is 0. The molecule has 6 nitrogen and oxygen atoms in total. The van der Waals surface area contributed by atoms with Gasteiger partial charge in [0.1, 0.15) is 5.75 Å². The number of hydrazone groups is 1. The summed E-state index contributed by atoms with van der Waals surface area (Å²) >= 11 is 9.17. The average Bonchev–Trinajstić information content (AvgIpc) is 2.61. The molecule has 0 spiro atoms. The molecule has 0 bridgehead atoms. The topological polar surface area (TPSA) is 79.8 Å². The van der Waals surface area contributed by atoms with Crippen LogP contribution < -0.4 is 15.5 Å². The number of anilines is 1. The second-order valence-electron chi connectivity index (χ2n) is 5.81. The number of carbonyl (C=O) groups excluding carboxylic acids is 2. The van der Waals surface area contributed by atoms with Crippen LogP contribution in [0.4, 0.5) is 5.69 Å². The van der Waals surface area contributed by atoms with Crippen molar-refractivity contribution in [1.82, 2.24) is 5.43 Å². The lowest BCUT2D eigenvalue weighted by Crippen LogP contribution is -2.26. The first-order valence-electron chi connectivity index (χ1n) is 8.10. The zero-order valence-corrected chi connectivity index (χ0v) is 17.2. The van der Waals surface area contributed by atoms with Crippen LogP contribution in [0, 0.1) is 6.92 Å². The number of halogens is 2. The summed E-state index contributed by atoms with van der Waals surface area (Å²) in [6.07, 6.45) is 0.0512. The zero-order chi connectivity index (χ0) is 19.8. The van der Waals surface area contributed by atoms with Gasteiger partial charge in [0, 0.05) is 20.9 Å². The monoisotopic (exact) mass is 451 g/mol. The number of carbonyl (C=O) groups is 2. The Morgan fingerprint density at radius 1 is 1.15 bits per heavy atom. The summed E-state index contributed by atoms with van der Waals surface area (Å²) in [5.41, 5.74) is 4.40. The number of aryl methyl sites for hydroxylation is 1. The Hall–Kier alpha value is -2.38. The molecule has 8 heteroatoms. The first-order chi connectivity index (χ1) is 12.8. The molecule has 0 aliphatic carbocycles. The number of nitrogens with one attached hydrogen (secondary N) is 2. The molecule has 2 amide bonds. The molecule has 0 atom stereocenters. The fraction of sp³-hybridized carbons (Fsp3) is 0.211. The third-order valence-electron chi connectivity index (χ3n) is 3.41. The molecule has 0 fully saturated rings. The quantitative estimate of drug-likeness (QED) is 0.485. The van der Waals surface area contributed by atoms with Crippen molar-refractivity contribution in [1.29, 1.82) is 0 Å². The second kappa shape index (κ2) is 10.1. The van der Waals surface area contributed by atoms with Crippen molar-refractivity contribution in [2.45, 2.75) is 20.3 Å². The third-order valence-corrected chi connectivity index (χ3v) is 4.16. The molecule has 27 heavy (non-hydrogen) atoms. The van der Waals surface area contributed by atoms with Crippen molar-refractivity contribution in [3.63, 3.8) is 0 Å². The predicted octanol–water partition coefficient (Wildman–Crippen LogP) is 4.31. The molecule has 0 aliphatic rings. The van der Waals surface area contributed by atoms with E-state index in [9.17, 15) is 9.59 Å². The van der Waals surface area contributed by atoms with Crippen LogP contribution in [0.1, 0.15) is 18.9 Å². The molecule has 0 saturated heterocycles. The summed E-state index contributed by atoms with van der Waals surface area (Å²) in [5.74, 6) is -0.0271. The lowest BCUT2D eigenvalue weighted by atomic mass is 10.2. The number of nitrogens with zero attached hydrogens (tertiary/aromatic N) is 1. The van der Waals surface area contributed by atoms with Gasteiger partial charge in [-0.2, -0.15) is 5.10 Å². The van der Waals surface area contributed by atoms with E-state index in [1.165, 1.54) is 0 Å². The van der Waals surface area contributed by atoms with E-state index in [1.807, 2.05) is 19.1 Å². The third kappa shape index (κ3) is 7.40. The minimum Gasteiger partial charge on any atom is -0.483 e. The van der Waals surface area contributed by atoms with Gasteiger partial charge in [-0.3, -0.25) is 9.59 Å². The van der Waals surface area contributed by atoms with Gasteiger partial charge in [-0.25, -0.2) is 5.43 Å². The largest absolute Gasteiger partial charge is 0.483 e. The number of amides is 2. The molecule has 2 aromatic rings. The Morgan fingerprint density at radius 3 is 2.52 bits per heavy atom. The number of rotatable bonds is 7. The van der Waals surface area contributed by atoms with Gasteiger partial charge in [-0.15, -0.1) is 0 Å². The van der Waals surface area contributed by atoms with Crippen LogP contribution in [-0.4, -0.2) is 24.1 Å². The Morgan fingerprint density at radius 2 is 1.85 bits per heavy atom. The Balaban J connectivity index is 1.77. The van der Waals surface area contributed by atoms with Crippen LogP contribution in [0.2, 0.25) is 5.02 Å². The number of benzene rings is 2. The molecule has 0 radical (unpaired) electrons. The Labute approximate surface area is 171 Å². The van der Waals surface area contributed by atoms with Crippen molar-refractivity contribution >= 4 is 50.7 Å². The number of hydrogen-bond donors (Lipinski definition) is 2. The highest BCUT2D eigenvalue weighted by Crippen LogP contribution is 2.21. The van der Waals surface area contributed by atoms with Crippen LogP contribution in [0.25, 0.3) is 0 Å². The van der Waals surface area contributed by atoms with Gasteiger partial charge in [0.15, 0.2) is 6.61 Å². The van der Waals surface area contributed by atoms with E-state index in [0.29, 0.717) is 22.2 Å². The molecule has 0 unspecified atom stereocenters. The molecule has 2 aromatic carbocycles. The maximum atomic E-state index is 12.0. The maximum absolute atomic E-state index is 12.0. The van der Waals surface area contributed by atoms with E-state index in [1.54, 1.807) is 37.3 Å². The van der Waals surface area contributed by atoms with Gasteiger partial charge in [0.05, 0.1) is 6.42 Å². The summed E-state index contributed by atoms with van der Waals surface area (Å²) in [5, 5.41) is 7.23. The second-order valence-corrected chi connectivity index (χ2v) is 7.16. The van der Waals surface area contributed by atoms with Crippen LogP contribution in [0.5, 0.6) is 5.75 Å². The van der Waals surface area contributed by atoms with E-state index >= 15 is 0 Å². The SMILES string of the molecule is C/C(CC(=O)Nc1ccc(Cl)cc1)=N\NC(=O)COc1ccc(Br)cc1C. The molecule has 0 heterocycles. The van der Waals surface area contributed by atoms with Gasteiger partial charge in [-0.1, -0.05) is 27.5 Å². The van der Waals surface area contributed by atoms with Crippen LogP contribution in [0.15, 0.2) is 52.0 Å². The van der Waals surface area contributed by atoms with Crippen molar-refractivity contribution < 1.29 is 14.3 Å². The fourth-order valence-electron chi connectivity index (χ4n) is 2.12. The van der Waals surface area contributed by atoms with E-state index in [4.69, 9.17) is 16.3 Å². The van der Waals surface area contributed by atoms with Crippen LogP contribution >= 0.6 is 27.5 Å². The molecular formula is C19H19BrClN3O3. The molecule has 0 saturated carbocycles. The van der Waals surface area contributed by atoms with Crippen molar-refractivity contribution in [2.75, 3.05) is 11.9 Å². The van der Waals surface area contributed by atoms with Gasteiger partial charge >= 0.3 is 0 Å². The van der Waals surface area contributed by atoms with E-state index in [2.05, 4.69) is 31.8 Å². The maximum Gasteiger partial charge on any atom is 0.277 e. The predicted molar refractivity (Wildman–Crippen MR) is 110 cm³/mol. The standard InChI is InChI=1S/C19H19BrClN3O3/c1-12-9-14(20)3-8-17(12)27-11-19(26)24-23-13(2)10-18(25)22-16-6-4-15(21)5-7-16/h3-9H,10-11H2,1-2H3,(H,22,25)(H,24,26)/b23-13+. The van der Waals surface area contributed by atoms with E-state index in [-0.39, 0.29) is 18.9 Å². The highest BCUT2D eigenvalue weighted by molar-refractivity contribution is 9.10. The molecule has 0 aromatic heterocycles. The molecule has 0 aliphatic heterocycles. The van der Waals surface area contributed by atoms with Crippen LogP contribution in [0.3, 0.4) is 0 Å². The average molecular weight is 453 g/mol. The minimum absolute atomic E-state index is 0.0512. The first-order valence-corrected chi connectivity index (χ1v) is 9.27.